The Morgan fingerprint density at radius 1 is 0.786 bits per heavy atom. The quantitative estimate of drug-likeness (QED) is 0.609. The molecule has 1 aliphatic heterocycles. The maximum atomic E-state index is 2.47. The Bertz CT molecular complexity index is 192. The molecule has 0 aromatic carbocycles. The molecule has 0 aromatic heterocycles. The van der Waals surface area contributed by atoms with Gasteiger partial charge in [-0.3, -0.25) is 4.90 Å². The Morgan fingerprint density at radius 3 is 1.14 bits per heavy atom. The minimum atomic E-state index is 0.245. The number of hydrogen-bond acceptors (Lipinski definition) is 1. The lowest BCUT2D eigenvalue weighted by molar-refractivity contribution is 0.457. The summed E-state index contributed by atoms with van der Waals surface area (Å²) in [5, 5.41) is 1.09. The molecule has 0 aromatic rings. The summed E-state index contributed by atoms with van der Waals surface area (Å²) in [4.78, 5) is 2.47. The molecule has 2 atom stereocenters. The summed E-state index contributed by atoms with van der Waals surface area (Å²) in [6.07, 6.45) is 0. The first-order valence-corrected chi connectivity index (χ1v) is 8.84. The van der Waals surface area contributed by atoms with Crippen LogP contribution in [0.15, 0.2) is 0 Å². The minimum Gasteiger partial charge on any atom is -0.298 e. The van der Waals surface area contributed by atoms with E-state index in [0.29, 0.717) is 10.3 Å². The van der Waals surface area contributed by atoms with E-state index in [1.807, 2.05) is 0 Å². The lowest BCUT2D eigenvalue weighted by Gasteiger charge is -2.23. The fourth-order valence-corrected chi connectivity index (χ4v) is 14.9. The molecule has 1 nitrogen and oxygen atoms in total. The second kappa shape index (κ2) is 3.69. The van der Waals surface area contributed by atoms with Crippen LogP contribution in [0.3, 0.4) is 0 Å². The van der Waals surface area contributed by atoms with E-state index in [1.54, 1.807) is 0 Å². The van der Waals surface area contributed by atoms with Gasteiger partial charge in [-0.05, 0) is 24.4 Å². The molecule has 1 aliphatic rings. The zero-order valence-electron chi connectivity index (χ0n) is 10.9. The smallest absolute Gasteiger partial charge is 0.0579 e. The molecule has 1 fully saturated rings. The molecule has 0 bridgehead atoms. The van der Waals surface area contributed by atoms with Crippen LogP contribution in [0.1, 0.15) is 41.5 Å². The molecule has 14 heavy (non-hydrogen) atoms. The van der Waals surface area contributed by atoms with Gasteiger partial charge in [-0.2, -0.15) is 0 Å². The molecule has 0 radical (unpaired) electrons. The highest BCUT2D eigenvalue weighted by atomic mass is 32.1. The molecule has 1 rings (SSSR count). The maximum absolute atomic E-state index is 2.47. The van der Waals surface area contributed by atoms with Gasteiger partial charge in [0.05, 0.1) is 5.52 Å². The third kappa shape index (κ3) is 2.49. The largest absolute Gasteiger partial charge is 0.298 e. The van der Waals surface area contributed by atoms with E-state index in [9.17, 15) is 0 Å². The molecule has 1 saturated heterocycles. The van der Waals surface area contributed by atoms with Gasteiger partial charge in [0, 0.05) is 0 Å². The van der Waals surface area contributed by atoms with Crippen molar-refractivity contribution in [1.29, 1.82) is 0 Å². The second-order valence-corrected chi connectivity index (χ2v) is 14.4. The van der Waals surface area contributed by atoms with Crippen LogP contribution in [-0.2, 0) is 0 Å². The van der Waals surface area contributed by atoms with Crippen molar-refractivity contribution in [3.05, 3.63) is 0 Å². The predicted molar refractivity (Wildman–Crippen MR) is 70.8 cm³/mol. The van der Waals surface area contributed by atoms with Gasteiger partial charge < -0.3 is 0 Å². The summed E-state index contributed by atoms with van der Waals surface area (Å²) >= 11 is 0. The normalized spacial score (nSPS) is 33.6. The molecule has 0 N–H and O–H groups in total. The van der Waals surface area contributed by atoms with E-state index >= 15 is 0 Å². The zero-order valence-corrected chi connectivity index (χ0v) is 12.7. The molecule has 0 amide bonds. The van der Waals surface area contributed by atoms with E-state index in [4.69, 9.17) is 0 Å². The molecule has 0 aliphatic carbocycles. The van der Waals surface area contributed by atoms with Gasteiger partial charge in [-0.25, -0.2) is 0 Å². The first kappa shape index (κ1) is 12.9. The Morgan fingerprint density at radius 2 is 1.07 bits per heavy atom. The molecular formula is C11H25NP2. The van der Waals surface area contributed by atoms with Crippen molar-refractivity contribution in [2.45, 2.75) is 57.4 Å². The number of hydrogen-bond donors (Lipinski definition) is 0. The van der Waals surface area contributed by atoms with Crippen molar-refractivity contribution in [3.63, 3.8) is 0 Å². The topological polar surface area (TPSA) is 3.24 Å². The van der Waals surface area contributed by atoms with Gasteiger partial charge >= 0.3 is 0 Å². The van der Waals surface area contributed by atoms with Crippen molar-refractivity contribution in [2.24, 2.45) is 0 Å². The van der Waals surface area contributed by atoms with Crippen molar-refractivity contribution in [2.75, 3.05) is 14.1 Å². The first-order chi connectivity index (χ1) is 6.07. The summed E-state index contributed by atoms with van der Waals surface area (Å²) in [7, 11) is 4.99. The second-order valence-electron chi connectivity index (χ2n) is 6.34. The molecule has 1 heterocycles. The molecular weight excluding hydrogens is 208 g/mol. The van der Waals surface area contributed by atoms with Gasteiger partial charge in [0.25, 0.3) is 0 Å². The van der Waals surface area contributed by atoms with Crippen molar-refractivity contribution >= 4 is 15.2 Å². The standard InChI is InChI=1S/C11H25NP2/c1-10(2,3)13-9(12(7)8)14(13)11(4,5)6/h9H,1-8H3. The van der Waals surface area contributed by atoms with E-state index in [2.05, 4.69) is 60.5 Å². The molecule has 0 saturated carbocycles. The zero-order chi connectivity index (χ0) is 11.3. The minimum absolute atomic E-state index is 0.245. The van der Waals surface area contributed by atoms with Crippen LogP contribution >= 0.6 is 15.2 Å². The number of rotatable bonds is 1. The highest BCUT2D eigenvalue weighted by Crippen LogP contribution is 3.02. The van der Waals surface area contributed by atoms with Gasteiger partial charge in [0.15, 0.2) is 0 Å². The van der Waals surface area contributed by atoms with Crippen molar-refractivity contribution < 1.29 is 0 Å². The summed E-state index contributed by atoms with van der Waals surface area (Å²) in [6.45, 7) is 14.5. The molecule has 2 unspecified atom stereocenters. The molecule has 3 heteroatoms. The lowest BCUT2D eigenvalue weighted by Crippen LogP contribution is -2.17. The fourth-order valence-electron chi connectivity index (χ4n) is 1.94. The third-order valence-corrected chi connectivity index (χ3v) is 14.0. The Hall–Kier alpha value is 0.820. The SMILES string of the molecule is CN(C)C1P(C(C)(C)C)P1C(C)(C)C. The molecule has 84 valence electrons. The third-order valence-electron chi connectivity index (χ3n) is 2.45. The summed E-state index contributed by atoms with van der Waals surface area (Å²) in [6, 6.07) is 0. The summed E-state index contributed by atoms with van der Waals surface area (Å²) < 4.78 is 0. The first-order valence-electron chi connectivity index (χ1n) is 5.32. The average molecular weight is 233 g/mol. The summed E-state index contributed by atoms with van der Waals surface area (Å²) in [5.74, 6) is 0. The van der Waals surface area contributed by atoms with Gasteiger partial charge in [-0.1, -0.05) is 56.8 Å². The van der Waals surface area contributed by atoms with E-state index < -0.39 is 0 Å². The van der Waals surface area contributed by atoms with Crippen LogP contribution in [0.25, 0.3) is 0 Å². The average Bonchev–Trinajstić information content (AvgIpc) is 2.54. The van der Waals surface area contributed by atoms with Crippen LogP contribution in [-0.4, -0.2) is 34.8 Å². The fraction of sp³-hybridized carbons (Fsp3) is 1.00. The Balaban J connectivity index is 2.80. The van der Waals surface area contributed by atoms with Crippen LogP contribution in [0, 0.1) is 0 Å². The Labute approximate surface area is 92.0 Å². The van der Waals surface area contributed by atoms with Gasteiger partial charge in [0.1, 0.15) is 0 Å². The maximum Gasteiger partial charge on any atom is 0.0579 e. The summed E-state index contributed by atoms with van der Waals surface area (Å²) in [5.41, 5.74) is 0.917. The van der Waals surface area contributed by atoms with Crippen LogP contribution in [0.2, 0.25) is 0 Å². The lowest BCUT2D eigenvalue weighted by atomic mass is 10.3. The monoisotopic (exact) mass is 233 g/mol. The van der Waals surface area contributed by atoms with Crippen LogP contribution in [0.4, 0.5) is 0 Å². The highest BCUT2D eigenvalue weighted by Gasteiger charge is 2.60. The predicted octanol–water partition coefficient (Wildman–Crippen LogP) is 4.32. The van der Waals surface area contributed by atoms with Crippen LogP contribution in [0.5, 0.6) is 0 Å². The van der Waals surface area contributed by atoms with E-state index in [1.165, 1.54) is 0 Å². The molecule has 0 spiro atoms. The van der Waals surface area contributed by atoms with Crippen LogP contribution < -0.4 is 0 Å². The van der Waals surface area contributed by atoms with E-state index in [0.717, 1.165) is 5.52 Å². The van der Waals surface area contributed by atoms with Gasteiger partial charge in [-0.15, -0.1) is 0 Å². The van der Waals surface area contributed by atoms with Crippen molar-refractivity contribution in [1.82, 2.24) is 4.90 Å². The van der Waals surface area contributed by atoms with E-state index in [-0.39, 0.29) is 15.2 Å². The number of nitrogens with zero attached hydrogens (tertiary/aromatic N) is 1. The van der Waals surface area contributed by atoms with Crippen molar-refractivity contribution in [3.8, 4) is 0 Å². The Kier molecular flexibility index (Phi) is 3.39. The van der Waals surface area contributed by atoms with Gasteiger partial charge in [0.2, 0.25) is 0 Å². The highest BCUT2D eigenvalue weighted by molar-refractivity contribution is 8.47.